The Labute approximate surface area is 110 Å². The minimum atomic E-state index is -4.29. The van der Waals surface area contributed by atoms with Crippen molar-refractivity contribution in [3.63, 3.8) is 0 Å². The Kier molecular flexibility index (Phi) is 4.24. The third-order valence-corrected chi connectivity index (χ3v) is 2.34. The highest BCUT2D eigenvalue weighted by molar-refractivity contribution is 5.49. The Morgan fingerprint density at radius 3 is 2.26 bits per heavy atom. The van der Waals surface area contributed by atoms with Crippen molar-refractivity contribution in [3.05, 3.63) is 11.9 Å². The van der Waals surface area contributed by atoms with Crippen LogP contribution < -0.4 is 16.2 Å². The average molecular weight is 277 g/mol. The number of aromatic nitrogens is 2. The second kappa shape index (κ2) is 5.20. The van der Waals surface area contributed by atoms with Crippen LogP contribution in [-0.2, 0) is 5.41 Å². The summed E-state index contributed by atoms with van der Waals surface area (Å²) in [6.45, 7) is 4.53. The molecule has 1 aromatic rings. The van der Waals surface area contributed by atoms with E-state index in [1.54, 1.807) is 0 Å². The molecule has 0 atom stereocenters. The molecule has 0 radical (unpaired) electrons. The first-order chi connectivity index (χ1) is 8.53. The van der Waals surface area contributed by atoms with Gasteiger partial charge in [0, 0.05) is 18.5 Å². The maximum Gasteiger partial charge on any atom is 0.405 e. The van der Waals surface area contributed by atoms with Gasteiger partial charge in [-0.3, -0.25) is 0 Å². The Hall–Kier alpha value is -1.57. The van der Waals surface area contributed by atoms with Crippen LogP contribution in [0.25, 0.3) is 0 Å². The molecule has 0 unspecified atom stereocenters. The Morgan fingerprint density at radius 2 is 1.84 bits per heavy atom. The number of halogens is 3. The van der Waals surface area contributed by atoms with Gasteiger partial charge in [0.25, 0.3) is 0 Å². The predicted octanol–water partition coefficient (Wildman–Crippen LogP) is 2.06. The van der Waals surface area contributed by atoms with Crippen molar-refractivity contribution in [2.24, 2.45) is 5.84 Å². The fourth-order valence-electron chi connectivity index (χ4n) is 1.39. The molecule has 19 heavy (non-hydrogen) atoms. The van der Waals surface area contributed by atoms with Crippen molar-refractivity contribution in [3.8, 4) is 0 Å². The van der Waals surface area contributed by atoms with Crippen molar-refractivity contribution in [1.82, 2.24) is 9.97 Å². The SMILES string of the molecule is CN(CC(F)(F)F)c1cc(NN)nc(C(C)(C)C)n1. The number of hydrogen-bond donors (Lipinski definition) is 2. The van der Waals surface area contributed by atoms with E-state index in [9.17, 15) is 13.2 Å². The van der Waals surface area contributed by atoms with Gasteiger partial charge in [-0.25, -0.2) is 15.8 Å². The smallest absolute Gasteiger partial charge is 0.350 e. The molecular weight excluding hydrogens is 259 g/mol. The van der Waals surface area contributed by atoms with Gasteiger partial charge in [-0.2, -0.15) is 13.2 Å². The monoisotopic (exact) mass is 277 g/mol. The molecule has 5 nitrogen and oxygen atoms in total. The van der Waals surface area contributed by atoms with E-state index in [1.165, 1.54) is 13.1 Å². The maximum atomic E-state index is 12.4. The minimum absolute atomic E-state index is 0.171. The molecule has 0 aliphatic carbocycles. The van der Waals surface area contributed by atoms with E-state index in [4.69, 9.17) is 5.84 Å². The lowest BCUT2D eigenvalue weighted by molar-refractivity contribution is -0.119. The number of nitrogens with one attached hydrogen (secondary N) is 1. The highest BCUT2D eigenvalue weighted by Gasteiger charge is 2.30. The van der Waals surface area contributed by atoms with Crippen molar-refractivity contribution in [2.45, 2.75) is 32.4 Å². The molecule has 0 amide bonds. The van der Waals surface area contributed by atoms with Crippen molar-refractivity contribution in [2.75, 3.05) is 23.9 Å². The first-order valence-corrected chi connectivity index (χ1v) is 5.67. The molecule has 0 aromatic carbocycles. The van der Waals surface area contributed by atoms with E-state index in [1.807, 2.05) is 20.8 Å². The van der Waals surface area contributed by atoms with Crippen LogP contribution in [0.5, 0.6) is 0 Å². The van der Waals surface area contributed by atoms with Crippen LogP contribution in [0, 0.1) is 0 Å². The molecule has 1 aromatic heterocycles. The topological polar surface area (TPSA) is 67.1 Å². The van der Waals surface area contributed by atoms with Crippen LogP contribution in [-0.4, -0.2) is 29.7 Å². The van der Waals surface area contributed by atoms with E-state index >= 15 is 0 Å². The lowest BCUT2D eigenvalue weighted by atomic mass is 9.96. The van der Waals surface area contributed by atoms with Gasteiger partial charge in [-0.1, -0.05) is 20.8 Å². The van der Waals surface area contributed by atoms with Crippen molar-refractivity contribution in [1.29, 1.82) is 0 Å². The molecule has 0 saturated heterocycles. The van der Waals surface area contributed by atoms with Crippen LogP contribution in [0.15, 0.2) is 6.07 Å². The summed E-state index contributed by atoms with van der Waals surface area (Å²) in [6.07, 6.45) is -4.29. The molecule has 0 spiro atoms. The Morgan fingerprint density at radius 1 is 1.26 bits per heavy atom. The van der Waals surface area contributed by atoms with Gasteiger partial charge in [0.1, 0.15) is 24.0 Å². The zero-order valence-corrected chi connectivity index (χ0v) is 11.3. The van der Waals surface area contributed by atoms with Gasteiger partial charge in [-0.05, 0) is 0 Å². The van der Waals surface area contributed by atoms with Gasteiger partial charge in [-0.15, -0.1) is 0 Å². The van der Waals surface area contributed by atoms with E-state index < -0.39 is 12.7 Å². The molecule has 0 bridgehead atoms. The van der Waals surface area contributed by atoms with E-state index in [-0.39, 0.29) is 17.1 Å². The number of nitrogens with zero attached hydrogens (tertiary/aromatic N) is 3. The second-order valence-electron chi connectivity index (χ2n) is 5.30. The van der Waals surface area contributed by atoms with E-state index in [0.717, 1.165) is 4.90 Å². The van der Waals surface area contributed by atoms with Crippen LogP contribution >= 0.6 is 0 Å². The summed E-state index contributed by atoms with van der Waals surface area (Å²) in [4.78, 5) is 9.31. The lowest BCUT2D eigenvalue weighted by Gasteiger charge is -2.23. The first kappa shape index (κ1) is 15.5. The average Bonchev–Trinajstić information content (AvgIpc) is 2.25. The predicted molar refractivity (Wildman–Crippen MR) is 67.9 cm³/mol. The molecule has 0 saturated carbocycles. The van der Waals surface area contributed by atoms with Gasteiger partial charge in [0.2, 0.25) is 0 Å². The molecule has 8 heteroatoms. The summed E-state index contributed by atoms with van der Waals surface area (Å²) in [6, 6.07) is 1.38. The van der Waals surface area contributed by atoms with Gasteiger partial charge in [0.05, 0.1) is 0 Å². The quantitative estimate of drug-likeness (QED) is 0.654. The third-order valence-electron chi connectivity index (χ3n) is 2.34. The highest BCUT2D eigenvalue weighted by Crippen LogP contribution is 2.25. The maximum absolute atomic E-state index is 12.4. The summed E-state index contributed by atoms with van der Waals surface area (Å²) in [5, 5.41) is 0. The molecule has 1 heterocycles. The standard InChI is InChI=1S/C11H18F3N5/c1-10(2,3)9-16-7(18-15)5-8(17-9)19(4)6-11(12,13)14/h5H,6,15H2,1-4H3,(H,16,17,18). The van der Waals surface area contributed by atoms with E-state index in [0.29, 0.717) is 5.82 Å². The number of hydrazine groups is 1. The molecule has 0 fully saturated rings. The summed E-state index contributed by atoms with van der Waals surface area (Å²) < 4.78 is 37.1. The molecule has 108 valence electrons. The Balaban J connectivity index is 3.13. The minimum Gasteiger partial charge on any atom is -0.350 e. The van der Waals surface area contributed by atoms with Gasteiger partial charge in [0.15, 0.2) is 0 Å². The van der Waals surface area contributed by atoms with Crippen LogP contribution in [0.2, 0.25) is 0 Å². The molecule has 0 aliphatic heterocycles. The summed E-state index contributed by atoms with van der Waals surface area (Å²) in [7, 11) is 1.32. The van der Waals surface area contributed by atoms with Crippen molar-refractivity contribution >= 4 is 11.6 Å². The summed E-state index contributed by atoms with van der Waals surface area (Å²) in [5.41, 5.74) is 1.95. The fourth-order valence-corrected chi connectivity index (χ4v) is 1.39. The molecular formula is C11H18F3N5. The Bertz CT molecular complexity index is 439. The van der Waals surface area contributed by atoms with Crippen molar-refractivity contribution < 1.29 is 13.2 Å². The van der Waals surface area contributed by atoms with Gasteiger partial charge >= 0.3 is 6.18 Å². The largest absolute Gasteiger partial charge is 0.405 e. The zero-order valence-electron chi connectivity index (χ0n) is 11.3. The van der Waals surface area contributed by atoms with Crippen LogP contribution in [0.3, 0.4) is 0 Å². The third kappa shape index (κ3) is 4.55. The number of alkyl halides is 3. The first-order valence-electron chi connectivity index (χ1n) is 5.67. The summed E-state index contributed by atoms with van der Waals surface area (Å²) in [5.74, 6) is 6.15. The molecule has 0 aliphatic rings. The van der Waals surface area contributed by atoms with Crippen LogP contribution in [0.4, 0.5) is 24.8 Å². The molecule has 3 N–H and O–H groups in total. The highest BCUT2D eigenvalue weighted by atomic mass is 19.4. The van der Waals surface area contributed by atoms with Gasteiger partial charge < -0.3 is 10.3 Å². The fraction of sp³-hybridized carbons (Fsp3) is 0.636. The van der Waals surface area contributed by atoms with E-state index in [2.05, 4.69) is 15.4 Å². The number of hydrogen-bond acceptors (Lipinski definition) is 5. The normalized spacial score (nSPS) is 12.4. The molecule has 1 rings (SSSR count). The number of nitrogen functional groups attached to an aromatic ring is 1. The van der Waals surface area contributed by atoms with Crippen LogP contribution in [0.1, 0.15) is 26.6 Å². The number of anilines is 2. The summed E-state index contributed by atoms with van der Waals surface area (Å²) >= 11 is 0. The number of nitrogens with two attached hydrogens (primary N) is 1. The zero-order chi connectivity index (χ0) is 14.8. The number of rotatable bonds is 3. The lowest BCUT2D eigenvalue weighted by Crippen LogP contribution is -2.32. The second-order valence-corrected chi connectivity index (χ2v) is 5.30.